The molecule has 1 saturated carbocycles. The lowest BCUT2D eigenvalue weighted by Crippen LogP contribution is -2.45. The van der Waals surface area contributed by atoms with Gasteiger partial charge in [0.15, 0.2) is 15.7 Å². The molecule has 1 aliphatic heterocycles. The fourth-order valence-electron chi connectivity index (χ4n) is 4.61. The summed E-state index contributed by atoms with van der Waals surface area (Å²) < 4.78 is 24.5. The van der Waals surface area contributed by atoms with Gasteiger partial charge in [-0.15, -0.1) is 0 Å². The van der Waals surface area contributed by atoms with Crippen molar-refractivity contribution in [1.29, 1.82) is 0 Å². The third-order valence-electron chi connectivity index (χ3n) is 6.13. The Morgan fingerprint density at radius 3 is 2.68 bits per heavy atom. The number of fused-ring (bicyclic) bond motifs is 1. The highest BCUT2D eigenvalue weighted by molar-refractivity contribution is 7.90. The number of sulfone groups is 1. The molecule has 164 valence electrons. The summed E-state index contributed by atoms with van der Waals surface area (Å²) in [5, 5.41) is 2.78. The molecule has 2 aliphatic rings. The molecule has 31 heavy (non-hydrogen) atoms. The van der Waals surface area contributed by atoms with Gasteiger partial charge in [-0.05, 0) is 24.5 Å². The Balaban J connectivity index is 1.64. The second kappa shape index (κ2) is 8.74. The van der Waals surface area contributed by atoms with Crippen molar-refractivity contribution < 1.29 is 18.0 Å². The van der Waals surface area contributed by atoms with Crippen molar-refractivity contribution in [3.8, 4) is 0 Å². The van der Waals surface area contributed by atoms with Crippen LogP contribution in [0.25, 0.3) is 0 Å². The van der Waals surface area contributed by atoms with Crippen molar-refractivity contribution in [1.82, 2.24) is 14.9 Å². The third kappa shape index (κ3) is 4.61. The minimum Gasteiger partial charge on any atom is -0.322 e. The van der Waals surface area contributed by atoms with Gasteiger partial charge in [0.2, 0.25) is 5.91 Å². The fraction of sp³-hybridized carbons (Fsp3) is 0.455. The molecule has 0 bridgehead atoms. The smallest absolute Gasteiger partial charge is 0.255 e. The Morgan fingerprint density at radius 2 is 2.00 bits per heavy atom. The highest BCUT2D eigenvalue weighted by atomic mass is 32.2. The zero-order chi connectivity index (χ0) is 22.0. The Hall–Kier alpha value is -2.81. The Morgan fingerprint density at radius 1 is 1.23 bits per heavy atom. The Kier molecular flexibility index (Phi) is 6.04. The van der Waals surface area contributed by atoms with Crippen molar-refractivity contribution in [2.24, 2.45) is 5.92 Å². The number of benzene rings is 1. The summed E-state index contributed by atoms with van der Waals surface area (Å²) in [5.41, 5.74) is 0.819. The summed E-state index contributed by atoms with van der Waals surface area (Å²) in [6, 6.07) is 4.01. The molecule has 0 spiro atoms. The maximum Gasteiger partial charge on any atom is 0.255 e. The van der Waals surface area contributed by atoms with Crippen LogP contribution in [0.15, 0.2) is 41.7 Å². The summed E-state index contributed by atoms with van der Waals surface area (Å²) >= 11 is 0. The molecule has 1 aromatic carbocycles. The number of nitrogens with one attached hydrogen (secondary N) is 1. The van der Waals surface area contributed by atoms with Gasteiger partial charge in [0.1, 0.15) is 6.04 Å². The maximum absolute atomic E-state index is 13.3. The average Bonchev–Trinajstić information content (AvgIpc) is 3.09. The Bertz CT molecular complexity index is 1080. The second-order valence-electron chi connectivity index (χ2n) is 8.32. The first-order chi connectivity index (χ1) is 14.8. The zero-order valence-electron chi connectivity index (χ0n) is 17.5. The maximum atomic E-state index is 13.3. The van der Waals surface area contributed by atoms with E-state index in [1.165, 1.54) is 36.0 Å². The van der Waals surface area contributed by atoms with Crippen LogP contribution in [0.5, 0.6) is 0 Å². The topological polar surface area (TPSA) is 109 Å². The first-order valence-corrected chi connectivity index (χ1v) is 12.4. The predicted octanol–water partition coefficient (Wildman–Crippen LogP) is 2.81. The number of hydrogen-bond donors (Lipinski definition) is 1. The van der Waals surface area contributed by atoms with E-state index in [-0.39, 0.29) is 23.3 Å². The van der Waals surface area contributed by atoms with Crippen LogP contribution < -0.4 is 5.32 Å². The van der Waals surface area contributed by atoms with Gasteiger partial charge in [-0.1, -0.05) is 38.2 Å². The van der Waals surface area contributed by atoms with Crippen LogP contribution in [0.4, 0.5) is 5.82 Å². The number of rotatable bonds is 6. The summed E-state index contributed by atoms with van der Waals surface area (Å²) in [4.78, 5) is 36.2. The quantitative estimate of drug-likeness (QED) is 0.737. The van der Waals surface area contributed by atoms with Crippen LogP contribution >= 0.6 is 0 Å². The average molecular weight is 443 g/mol. The lowest BCUT2D eigenvalue weighted by atomic mass is 9.84. The van der Waals surface area contributed by atoms with Gasteiger partial charge in [0, 0.05) is 36.3 Å². The van der Waals surface area contributed by atoms with Crippen LogP contribution in [0.2, 0.25) is 0 Å². The van der Waals surface area contributed by atoms with Gasteiger partial charge in [0.25, 0.3) is 5.91 Å². The first kappa shape index (κ1) is 21.4. The number of nitrogens with zero attached hydrogens (tertiary/aromatic N) is 3. The Labute approximate surface area is 182 Å². The van der Waals surface area contributed by atoms with Gasteiger partial charge < -0.3 is 10.2 Å². The van der Waals surface area contributed by atoms with Crippen LogP contribution in [-0.4, -0.2) is 47.4 Å². The standard InChI is InChI=1S/C22H26N4O4S/c1-31(29,30)19-9-5-8-16-17(19)14-26(22(16)28)18(12-15-6-3-2-4-7-15)21(27)25-20-13-23-10-11-24-20/h5,8-11,13,15,18H,2-4,6-7,12,14H2,1H3,(H,24,25,27). The van der Waals surface area contributed by atoms with Crippen molar-refractivity contribution in [2.45, 2.75) is 56.0 Å². The van der Waals surface area contributed by atoms with Crippen LogP contribution in [0.1, 0.15) is 54.4 Å². The molecule has 1 aromatic heterocycles. The molecule has 1 unspecified atom stereocenters. The van der Waals surface area contributed by atoms with Crippen molar-refractivity contribution in [3.05, 3.63) is 47.9 Å². The van der Waals surface area contributed by atoms with E-state index in [1.807, 2.05) is 0 Å². The molecule has 0 saturated heterocycles. The van der Waals surface area contributed by atoms with Crippen molar-refractivity contribution in [3.63, 3.8) is 0 Å². The zero-order valence-corrected chi connectivity index (χ0v) is 18.3. The number of carbonyl (C=O) groups excluding carboxylic acids is 2. The largest absolute Gasteiger partial charge is 0.322 e. The van der Waals surface area contributed by atoms with Gasteiger partial charge in [-0.25, -0.2) is 13.4 Å². The summed E-state index contributed by atoms with van der Waals surface area (Å²) in [7, 11) is -3.49. The molecule has 2 heterocycles. The van der Waals surface area contributed by atoms with E-state index in [1.54, 1.807) is 12.1 Å². The summed E-state index contributed by atoms with van der Waals surface area (Å²) in [5.74, 6) is 0.0307. The second-order valence-corrected chi connectivity index (χ2v) is 10.3. The van der Waals surface area contributed by atoms with E-state index in [9.17, 15) is 18.0 Å². The highest BCUT2D eigenvalue weighted by Gasteiger charge is 2.39. The number of carbonyl (C=O) groups is 2. The molecule has 1 N–H and O–H groups in total. The van der Waals surface area contributed by atoms with E-state index < -0.39 is 15.9 Å². The fourth-order valence-corrected chi connectivity index (χ4v) is 5.56. The summed E-state index contributed by atoms with van der Waals surface area (Å²) in [6.45, 7) is 0.0999. The van der Waals surface area contributed by atoms with Gasteiger partial charge >= 0.3 is 0 Å². The molecular formula is C22H26N4O4S. The minimum atomic E-state index is -3.49. The molecular weight excluding hydrogens is 416 g/mol. The number of amides is 2. The van der Waals surface area contributed by atoms with Gasteiger partial charge in [-0.3, -0.25) is 14.6 Å². The molecule has 2 amide bonds. The molecule has 2 aromatic rings. The van der Waals surface area contributed by atoms with Crippen LogP contribution in [0.3, 0.4) is 0 Å². The minimum absolute atomic E-state index is 0.0999. The molecule has 9 heteroatoms. The molecule has 1 atom stereocenters. The highest BCUT2D eigenvalue weighted by Crippen LogP contribution is 2.34. The lowest BCUT2D eigenvalue weighted by Gasteiger charge is -2.31. The molecule has 8 nitrogen and oxygen atoms in total. The van der Waals surface area contributed by atoms with Crippen LogP contribution in [-0.2, 0) is 21.2 Å². The molecule has 4 rings (SSSR count). The van der Waals surface area contributed by atoms with E-state index >= 15 is 0 Å². The lowest BCUT2D eigenvalue weighted by molar-refractivity contribution is -0.121. The van der Waals surface area contributed by atoms with E-state index in [0.29, 0.717) is 29.3 Å². The first-order valence-electron chi connectivity index (χ1n) is 10.5. The monoisotopic (exact) mass is 442 g/mol. The number of anilines is 1. The van der Waals surface area contributed by atoms with Crippen LogP contribution in [0, 0.1) is 5.92 Å². The molecule has 1 fully saturated rings. The third-order valence-corrected chi connectivity index (χ3v) is 7.31. The summed E-state index contributed by atoms with van der Waals surface area (Å²) in [6.07, 6.45) is 11.6. The van der Waals surface area contributed by atoms with Crippen molar-refractivity contribution in [2.75, 3.05) is 11.6 Å². The SMILES string of the molecule is CS(=O)(=O)c1cccc2c1CN(C(CC1CCCCC1)C(=O)Nc1cnccn1)C2=O. The molecule has 1 aliphatic carbocycles. The normalized spacial score (nSPS) is 18.0. The predicted molar refractivity (Wildman–Crippen MR) is 115 cm³/mol. The van der Waals surface area contributed by atoms with E-state index in [4.69, 9.17) is 0 Å². The van der Waals surface area contributed by atoms with E-state index in [0.717, 1.165) is 31.9 Å². The molecule has 0 radical (unpaired) electrons. The van der Waals surface area contributed by atoms with Gasteiger partial charge in [-0.2, -0.15) is 0 Å². The number of hydrogen-bond acceptors (Lipinski definition) is 6. The van der Waals surface area contributed by atoms with Crippen molar-refractivity contribution >= 4 is 27.5 Å². The van der Waals surface area contributed by atoms with E-state index in [2.05, 4.69) is 15.3 Å². The number of aromatic nitrogens is 2. The van der Waals surface area contributed by atoms with Gasteiger partial charge in [0.05, 0.1) is 11.1 Å².